The van der Waals surface area contributed by atoms with Crippen molar-refractivity contribution in [1.29, 1.82) is 0 Å². The molecule has 1 aromatic carbocycles. The molecule has 0 spiro atoms. The fourth-order valence-corrected chi connectivity index (χ4v) is 2.83. The first-order valence-electron chi connectivity index (χ1n) is 7.97. The average Bonchev–Trinajstić information content (AvgIpc) is 2.70. The number of nitro groups is 6. The van der Waals surface area contributed by atoms with Crippen molar-refractivity contribution in [2.45, 2.75) is 12.1 Å². The molecule has 0 saturated carbocycles. The van der Waals surface area contributed by atoms with Gasteiger partial charge in [-0.2, -0.15) is 0 Å². The topological polar surface area (TPSA) is 259 Å². The Balaban J connectivity index is 2.82. The number of hydrogen-bond donors (Lipinski definition) is 0. The van der Waals surface area contributed by atoms with E-state index >= 15 is 0 Å². The van der Waals surface area contributed by atoms with Crippen LogP contribution in [0.5, 0.6) is 0 Å². The van der Waals surface area contributed by atoms with Gasteiger partial charge in [-0.25, -0.2) is 0 Å². The Bertz CT molecular complexity index is 1140. The molecule has 0 N–H and O–H groups in total. The zero-order valence-electron chi connectivity index (χ0n) is 15.3. The Kier molecular flexibility index (Phi) is 5.99. The third-order valence-electron chi connectivity index (χ3n) is 4.30. The van der Waals surface area contributed by atoms with Crippen molar-refractivity contribution >= 4 is 17.5 Å². The highest BCUT2D eigenvalue weighted by Crippen LogP contribution is 2.37. The van der Waals surface area contributed by atoms with Gasteiger partial charge in [0.05, 0.1) is 19.7 Å². The lowest BCUT2D eigenvalue weighted by Gasteiger charge is -2.16. The molecule has 166 valence electrons. The number of allylic oxidation sites excluding steroid dienone is 1. The van der Waals surface area contributed by atoms with Gasteiger partial charge in [0.1, 0.15) is 27.1 Å². The SMILES string of the molecule is O=[N+]([O-])C1=CC([N+](=O)[O-])([N+](=O)[O-])CC([N+](=O)[O-])=C1C=Cc1c([N+](=O)[O-])cccc1[N+](=O)[O-]. The van der Waals surface area contributed by atoms with E-state index in [0.29, 0.717) is 12.2 Å². The molecule has 0 radical (unpaired) electrons. The molecule has 0 aliphatic heterocycles. The Morgan fingerprint density at radius 1 is 0.719 bits per heavy atom. The summed E-state index contributed by atoms with van der Waals surface area (Å²) in [4.78, 5) is 60.0. The molecule has 1 aromatic rings. The van der Waals surface area contributed by atoms with Crippen LogP contribution in [0.3, 0.4) is 0 Å². The predicted molar refractivity (Wildman–Crippen MR) is 99.2 cm³/mol. The number of hydrogen-bond acceptors (Lipinski definition) is 12. The molecule has 0 saturated heterocycles. The lowest BCUT2D eigenvalue weighted by molar-refractivity contribution is -0.783. The van der Waals surface area contributed by atoms with E-state index < -0.39 is 75.5 Å². The zero-order chi connectivity index (χ0) is 24.4. The molecule has 18 heteroatoms. The molecule has 0 amide bonds. The third kappa shape index (κ3) is 3.94. The minimum absolute atomic E-state index is 0.00743. The molecular formula is C14H8N6O12. The molecule has 1 aliphatic rings. The van der Waals surface area contributed by atoms with E-state index in [1.165, 1.54) is 0 Å². The summed E-state index contributed by atoms with van der Waals surface area (Å²) in [5.41, 5.74) is -9.36. The molecular weight excluding hydrogens is 444 g/mol. The molecule has 18 nitrogen and oxygen atoms in total. The van der Waals surface area contributed by atoms with Crippen LogP contribution in [0.15, 0.2) is 47.3 Å². The Hall–Kier alpha value is -5.16. The number of nitro benzene ring substituents is 2. The van der Waals surface area contributed by atoms with Crippen molar-refractivity contribution < 1.29 is 29.5 Å². The Labute approximate surface area is 173 Å². The van der Waals surface area contributed by atoms with E-state index in [-0.39, 0.29) is 6.08 Å². The zero-order valence-corrected chi connectivity index (χ0v) is 15.3. The van der Waals surface area contributed by atoms with Crippen LogP contribution in [0.2, 0.25) is 0 Å². The van der Waals surface area contributed by atoms with Gasteiger partial charge in [-0.3, -0.25) is 60.7 Å². The van der Waals surface area contributed by atoms with Crippen LogP contribution in [0.1, 0.15) is 12.0 Å². The van der Waals surface area contributed by atoms with E-state index in [1.807, 2.05) is 0 Å². The van der Waals surface area contributed by atoms with Crippen LogP contribution in [0.4, 0.5) is 11.4 Å². The number of rotatable bonds is 8. The van der Waals surface area contributed by atoms with Crippen molar-refractivity contribution in [3.05, 3.63) is 114 Å². The van der Waals surface area contributed by atoms with Gasteiger partial charge < -0.3 is 0 Å². The van der Waals surface area contributed by atoms with Crippen LogP contribution < -0.4 is 0 Å². The lowest BCUT2D eigenvalue weighted by atomic mass is 9.91. The summed E-state index contributed by atoms with van der Waals surface area (Å²) in [7, 11) is 0. The van der Waals surface area contributed by atoms with Gasteiger partial charge >= 0.3 is 5.66 Å². The van der Waals surface area contributed by atoms with Crippen molar-refractivity contribution in [3.63, 3.8) is 0 Å². The first-order valence-corrected chi connectivity index (χ1v) is 7.97. The first kappa shape index (κ1) is 23.1. The van der Waals surface area contributed by atoms with Crippen LogP contribution >= 0.6 is 0 Å². The standard InChI is InChI=1S/C14H8N6O12/c21-15(22)10-2-1-3-11(16(23)24)8(10)4-5-9-12(17(25)26)6-14(19(29)30,20(31)32)7-13(9)18(27)28/h1-6H,7H2. The second-order valence-electron chi connectivity index (χ2n) is 6.03. The van der Waals surface area contributed by atoms with Crippen molar-refractivity contribution in [1.82, 2.24) is 0 Å². The van der Waals surface area contributed by atoms with Crippen molar-refractivity contribution in [3.8, 4) is 0 Å². The highest BCUT2D eigenvalue weighted by molar-refractivity contribution is 5.72. The molecule has 0 heterocycles. The fraction of sp³-hybridized carbons (Fsp3) is 0.143. The van der Waals surface area contributed by atoms with Gasteiger partial charge in [0.2, 0.25) is 0 Å². The molecule has 0 unspecified atom stereocenters. The van der Waals surface area contributed by atoms with Gasteiger partial charge in [-0.15, -0.1) is 0 Å². The molecule has 0 atom stereocenters. The second-order valence-corrected chi connectivity index (χ2v) is 6.03. The molecule has 0 aromatic heterocycles. The highest BCUT2D eigenvalue weighted by atomic mass is 16.7. The average molecular weight is 452 g/mol. The maximum atomic E-state index is 11.4. The van der Waals surface area contributed by atoms with E-state index in [2.05, 4.69) is 0 Å². The molecule has 32 heavy (non-hydrogen) atoms. The van der Waals surface area contributed by atoms with Gasteiger partial charge in [-0.05, 0) is 18.2 Å². The summed E-state index contributed by atoms with van der Waals surface area (Å²) in [5.74, 6) is 0. The quantitative estimate of drug-likeness (QED) is 0.311. The maximum absolute atomic E-state index is 11.4. The molecule has 2 rings (SSSR count). The first-order chi connectivity index (χ1) is 14.8. The van der Waals surface area contributed by atoms with Crippen LogP contribution in [0, 0.1) is 60.7 Å². The Morgan fingerprint density at radius 2 is 1.22 bits per heavy atom. The molecule has 0 fully saturated rings. The largest absolute Gasteiger partial charge is 0.494 e. The monoisotopic (exact) mass is 452 g/mol. The smallest absolute Gasteiger partial charge is 0.259 e. The van der Waals surface area contributed by atoms with Crippen LogP contribution in [-0.4, -0.2) is 35.2 Å². The summed E-state index contributed by atoms with van der Waals surface area (Å²) in [6.07, 6.45) is -0.340. The van der Waals surface area contributed by atoms with E-state index in [0.717, 1.165) is 18.2 Å². The summed E-state index contributed by atoms with van der Waals surface area (Å²) in [6.45, 7) is 0. The van der Waals surface area contributed by atoms with Crippen molar-refractivity contribution in [2.24, 2.45) is 0 Å². The predicted octanol–water partition coefficient (Wildman–Crippen LogP) is 1.86. The van der Waals surface area contributed by atoms with E-state index in [1.54, 1.807) is 0 Å². The van der Waals surface area contributed by atoms with Crippen LogP contribution in [-0.2, 0) is 0 Å². The van der Waals surface area contributed by atoms with Crippen molar-refractivity contribution in [2.75, 3.05) is 0 Å². The summed E-state index contributed by atoms with van der Waals surface area (Å²) >= 11 is 0. The van der Waals surface area contributed by atoms with Gasteiger partial charge in [-0.1, -0.05) is 0 Å². The summed E-state index contributed by atoms with van der Waals surface area (Å²) in [5, 5.41) is 67.7. The normalized spacial score (nSPS) is 15.2. The van der Waals surface area contributed by atoms with Gasteiger partial charge in [0.25, 0.3) is 22.8 Å². The number of nitrogens with zero attached hydrogens (tertiary/aromatic N) is 6. The highest BCUT2D eigenvalue weighted by Gasteiger charge is 2.62. The minimum atomic E-state index is -3.41. The maximum Gasteiger partial charge on any atom is 0.494 e. The van der Waals surface area contributed by atoms with Gasteiger partial charge in [0.15, 0.2) is 6.42 Å². The minimum Gasteiger partial charge on any atom is -0.259 e. The number of benzene rings is 1. The summed E-state index contributed by atoms with van der Waals surface area (Å²) < 4.78 is 0. The van der Waals surface area contributed by atoms with E-state index in [4.69, 9.17) is 0 Å². The molecule has 0 bridgehead atoms. The second kappa shape index (κ2) is 8.30. The summed E-state index contributed by atoms with van der Waals surface area (Å²) in [6, 6.07) is 2.72. The molecule has 1 aliphatic carbocycles. The lowest BCUT2D eigenvalue weighted by Crippen LogP contribution is -2.47. The Morgan fingerprint density at radius 3 is 1.59 bits per heavy atom. The third-order valence-corrected chi connectivity index (χ3v) is 4.30. The fourth-order valence-electron chi connectivity index (χ4n) is 2.83. The van der Waals surface area contributed by atoms with E-state index in [9.17, 15) is 60.7 Å². The van der Waals surface area contributed by atoms with Gasteiger partial charge in [0, 0.05) is 12.1 Å². The van der Waals surface area contributed by atoms with Crippen LogP contribution in [0.25, 0.3) is 6.08 Å².